The van der Waals surface area contributed by atoms with Crippen LogP contribution >= 0.6 is 0 Å². The second kappa shape index (κ2) is 8.75. The molecular formula is C19H28N2O6. The molecule has 0 aromatic heterocycles. The number of rotatable bonds is 6. The molecule has 0 aliphatic heterocycles. The number of esters is 1. The molecule has 27 heavy (non-hydrogen) atoms. The van der Waals surface area contributed by atoms with Crippen LogP contribution in [0.4, 0.5) is 4.79 Å². The third kappa shape index (κ3) is 8.94. The van der Waals surface area contributed by atoms with Gasteiger partial charge in [0.1, 0.15) is 23.0 Å². The van der Waals surface area contributed by atoms with E-state index in [1.165, 1.54) is 0 Å². The van der Waals surface area contributed by atoms with Gasteiger partial charge in [-0.3, -0.25) is 4.79 Å². The molecule has 2 amide bonds. The zero-order chi connectivity index (χ0) is 20.8. The van der Waals surface area contributed by atoms with Crippen LogP contribution in [0.25, 0.3) is 0 Å². The summed E-state index contributed by atoms with van der Waals surface area (Å²) in [4.78, 5) is 35.2. The molecule has 8 nitrogen and oxygen atoms in total. The van der Waals surface area contributed by atoms with E-state index >= 15 is 0 Å². The largest absolute Gasteiger partial charge is 0.482 e. The molecule has 150 valence electrons. The summed E-state index contributed by atoms with van der Waals surface area (Å²) in [5.41, 5.74) is 4.54. The number of carbonyl (C=O) groups is 3. The molecule has 1 atom stereocenters. The highest BCUT2D eigenvalue weighted by molar-refractivity contribution is 5.85. The van der Waals surface area contributed by atoms with Crippen LogP contribution in [0.15, 0.2) is 24.3 Å². The second-order valence-electron chi connectivity index (χ2n) is 7.93. The van der Waals surface area contributed by atoms with Gasteiger partial charge in [0.25, 0.3) is 0 Å². The van der Waals surface area contributed by atoms with E-state index in [9.17, 15) is 14.4 Å². The number of hydrogen-bond donors (Lipinski definition) is 2. The summed E-state index contributed by atoms with van der Waals surface area (Å²) in [5, 5.41) is 2.43. The van der Waals surface area contributed by atoms with Crippen molar-refractivity contribution < 1.29 is 28.6 Å². The summed E-state index contributed by atoms with van der Waals surface area (Å²) >= 11 is 0. The summed E-state index contributed by atoms with van der Waals surface area (Å²) in [7, 11) is 0. The Morgan fingerprint density at radius 2 is 1.48 bits per heavy atom. The van der Waals surface area contributed by atoms with Gasteiger partial charge in [0.05, 0.1) is 0 Å². The third-order valence-electron chi connectivity index (χ3n) is 2.94. The molecule has 0 radical (unpaired) electrons. The van der Waals surface area contributed by atoms with Gasteiger partial charge in [0.2, 0.25) is 5.91 Å². The monoisotopic (exact) mass is 380 g/mol. The molecule has 0 fully saturated rings. The minimum atomic E-state index is -1.06. The summed E-state index contributed by atoms with van der Waals surface area (Å²) in [6, 6.07) is 5.20. The number of hydrogen-bond acceptors (Lipinski definition) is 6. The Labute approximate surface area is 159 Å². The molecule has 3 N–H and O–H groups in total. The van der Waals surface area contributed by atoms with E-state index in [-0.39, 0.29) is 6.61 Å². The number of nitrogens with one attached hydrogen (secondary N) is 1. The van der Waals surface area contributed by atoms with E-state index in [2.05, 4.69) is 5.32 Å². The Bertz CT molecular complexity index is 671. The van der Waals surface area contributed by atoms with Crippen molar-refractivity contribution in [1.82, 2.24) is 5.32 Å². The number of ether oxygens (including phenoxy) is 3. The maximum absolute atomic E-state index is 11.9. The molecule has 0 bridgehead atoms. The Morgan fingerprint density at radius 1 is 0.963 bits per heavy atom. The first-order chi connectivity index (χ1) is 12.3. The first-order valence-electron chi connectivity index (χ1n) is 8.50. The van der Waals surface area contributed by atoms with Crippen molar-refractivity contribution in [2.45, 2.75) is 58.8 Å². The quantitative estimate of drug-likeness (QED) is 0.732. The smallest absolute Gasteiger partial charge is 0.408 e. The van der Waals surface area contributed by atoms with Gasteiger partial charge in [-0.2, -0.15) is 0 Å². The topological polar surface area (TPSA) is 117 Å². The second-order valence-corrected chi connectivity index (χ2v) is 7.93. The van der Waals surface area contributed by atoms with Gasteiger partial charge in [-0.15, -0.1) is 0 Å². The maximum atomic E-state index is 11.9. The van der Waals surface area contributed by atoms with E-state index < -0.39 is 35.2 Å². The van der Waals surface area contributed by atoms with Crippen molar-refractivity contribution in [1.29, 1.82) is 0 Å². The van der Waals surface area contributed by atoms with Crippen molar-refractivity contribution in [2.24, 2.45) is 5.73 Å². The fourth-order valence-corrected chi connectivity index (χ4v) is 2.01. The van der Waals surface area contributed by atoms with E-state index in [1.54, 1.807) is 65.8 Å². The third-order valence-corrected chi connectivity index (χ3v) is 2.94. The first-order valence-corrected chi connectivity index (χ1v) is 8.50. The highest BCUT2D eigenvalue weighted by Gasteiger charge is 2.24. The lowest BCUT2D eigenvalue weighted by Gasteiger charge is -2.22. The zero-order valence-electron chi connectivity index (χ0n) is 16.6. The molecule has 1 aromatic carbocycles. The number of primary amides is 1. The van der Waals surface area contributed by atoms with Crippen LogP contribution < -0.4 is 15.8 Å². The zero-order valence-corrected chi connectivity index (χ0v) is 16.6. The summed E-state index contributed by atoms with van der Waals surface area (Å²) in [5.74, 6) is -0.818. The van der Waals surface area contributed by atoms with E-state index in [0.29, 0.717) is 11.3 Å². The molecule has 0 aliphatic rings. The van der Waals surface area contributed by atoms with Gasteiger partial charge in [-0.25, -0.2) is 9.59 Å². The molecule has 0 spiro atoms. The highest BCUT2D eigenvalue weighted by atomic mass is 16.6. The Hall–Kier alpha value is -2.77. The van der Waals surface area contributed by atoms with Crippen molar-refractivity contribution in [3.05, 3.63) is 29.8 Å². The molecule has 8 heteroatoms. The Balaban J connectivity index is 2.72. The van der Waals surface area contributed by atoms with Gasteiger partial charge in [-0.05, 0) is 59.2 Å². The average molecular weight is 380 g/mol. The van der Waals surface area contributed by atoms with Crippen molar-refractivity contribution >= 4 is 18.0 Å². The summed E-state index contributed by atoms with van der Waals surface area (Å²) in [6.07, 6.45) is -0.753. The molecule has 1 rings (SSSR count). The van der Waals surface area contributed by atoms with Gasteiger partial charge in [0, 0.05) is 0 Å². The fraction of sp³-hybridized carbons (Fsp3) is 0.526. The number of benzene rings is 1. The number of alkyl carbamates (subject to hydrolysis) is 1. The Kier molecular flexibility index (Phi) is 7.21. The first kappa shape index (κ1) is 22.3. The van der Waals surface area contributed by atoms with Crippen LogP contribution in [-0.2, 0) is 19.1 Å². The lowest BCUT2D eigenvalue weighted by molar-refractivity contribution is -0.157. The van der Waals surface area contributed by atoms with Gasteiger partial charge in [-0.1, -0.05) is 12.1 Å². The van der Waals surface area contributed by atoms with Crippen LogP contribution in [0.2, 0.25) is 0 Å². The fourth-order valence-electron chi connectivity index (χ4n) is 2.01. The van der Waals surface area contributed by atoms with Gasteiger partial charge < -0.3 is 25.3 Å². The number of amides is 2. The Morgan fingerprint density at radius 3 is 1.93 bits per heavy atom. The van der Waals surface area contributed by atoms with Crippen LogP contribution in [-0.4, -0.2) is 35.8 Å². The van der Waals surface area contributed by atoms with Crippen LogP contribution in [0, 0.1) is 0 Å². The SMILES string of the molecule is CC(C)(C)OC(=O)COc1ccc(C(NC(=O)OC(C)(C)C)C(N)=O)cc1. The summed E-state index contributed by atoms with van der Waals surface area (Å²) < 4.78 is 15.6. The molecule has 0 aliphatic carbocycles. The van der Waals surface area contributed by atoms with Crippen molar-refractivity contribution in [3.8, 4) is 5.75 Å². The molecule has 0 heterocycles. The maximum Gasteiger partial charge on any atom is 0.408 e. The van der Waals surface area contributed by atoms with Crippen LogP contribution in [0.1, 0.15) is 53.1 Å². The van der Waals surface area contributed by atoms with Crippen LogP contribution in [0.5, 0.6) is 5.75 Å². The predicted molar refractivity (Wildman–Crippen MR) is 99.1 cm³/mol. The van der Waals surface area contributed by atoms with Gasteiger partial charge >= 0.3 is 12.1 Å². The lowest BCUT2D eigenvalue weighted by atomic mass is 10.1. The number of carbonyl (C=O) groups excluding carboxylic acids is 3. The van der Waals surface area contributed by atoms with Gasteiger partial charge in [0.15, 0.2) is 6.61 Å². The lowest BCUT2D eigenvalue weighted by Crippen LogP contribution is -2.40. The molecule has 1 unspecified atom stereocenters. The predicted octanol–water partition coefficient (Wildman–Crippen LogP) is 2.46. The number of nitrogens with two attached hydrogens (primary N) is 1. The minimum absolute atomic E-state index is 0.244. The van der Waals surface area contributed by atoms with E-state index in [4.69, 9.17) is 19.9 Å². The molecule has 1 aromatic rings. The molecular weight excluding hydrogens is 352 g/mol. The van der Waals surface area contributed by atoms with E-state index in [1.807, 2.05) is 0 Å². The standard InChI is InChI=1S/C19H28N2O6/c1-18(2,3)26-14(22)11-25-13-9-7-12(8-10-13)15(16(20)23)21-17(24)27-19(4,5)6/h7-10,15H,11H2,1-6H3,(H2,20,23)(H,21,24). The highest BCUT2D eigenvalue weighted by Crippen LogP contribution is 2.19. The average Bonchev–Trinajstić information content (AvgIpc) is 2.47. The van der Waals surface area contributed by atoms with Crippen molar-refractivity contribution in [2.75, 3.05) is 6.61 Å². The molecule has 0 saturated heterocycles. The van der Waals surface area contributed by atoms with Crippen LogP contribution in [0.3, 0.4) is 0 Å². The summed E-state index contributed by atoms with van der Waals surface area (Å²) in [6.45, 7) is 10.2. The molecule has 0 saturated carbocycles. The minimum Gasteiger partial charge on any atom is -0.482 e. The normalized spacial score (nSPS) is 12.7. The van der Waals surface area contributed by atoms with Crippen molar-refractivity contribution in [3.63, 3.8) is 0 Å². The van der Waals surface area contributed by atoms with E-state index in [0.717, 1.165) is 0 Å².